The molecule has 4 rings (SSSR count). The molecule has 0 bridgehead atoms. The molecule has 1 heterocycles. The maximum atomic E-state index is 14.0. The fourth-order valence-electron chi connectivity index (χ4n) is 6.07. The number of rotatable bonds is 12. The molecule has 2 atom stereocenters. The molecular formula is C33H41ClN2O4. The molecule has 0 unspecified atom stereocenters. The first kappa shape index (κ1) is 29.9. The van der Waals surface area contributed by atoms with Crippen molar-refractivity contribution in [2.24, 2.45) is 11.3 Å². The topological polar surface area (TPSA) is 75.7 Å². The maximum absolute atomic E-state index is 14.0. The van der Waals surface area contributed by atoms with Gasteiger partial charge in [0.2, 0.25) is 11.8 Å². The molecule has 0 aromatic heterocycles. The summed E-state index contributed by atoms with van der Waals surface area (Å²) in [5.74, 6) is -1.51. The number of allylic oxidation sites excluding steroid dienone is 1. The highest BCUT2D eigenvalue weighted by atomic mass is 35.5. The van der Waals surface area contributed by atoms with Crippen LogP contribution in [0.1, 0.15) is 69.4 Å². The Morgan fingerprint density at radius 1 is 1.00 bits per heavy atom. The fourth-order valence-corrected chi connectivity index (χ4v) is 6.20. The van der Waals surface area contributed by atoms with E-state index in [1.54, 1.807) is 11.8 Å². The standard InChI is InChI=1S/C33H41ClN2O4/c1-2-40-32(39)33-21-10-4-3-8-15-29(33)36(23-20-26-16-18-27(34)19-17-26)31(38)28(33)24-30(37)35-22-11-9-14-25-12-6-5-7-13-25/h5-7,12-13,15-19,28H,2-4,8-11,14,20-24H2,1H3,(H,35,37)/b29-15+/t28-,33+/m1/s1. The number of fused-ring (bicyclic) bond motifs is 1. The number of carbonyl (C=O) groups excluding carboxylic acids is 3. The summed E-state index contributed by atoms with van der Waals surface area (Å²) < 4.78 is 5.62. The van der Waals surface area contributed by atoms with E-state index in [-0.39, 0.29) is 30.8 Å². The van der Waals surface area contributed by atoms with Gasteiger partial charge in [0.25, 0.3) is 0 Å². The third kappa shape index (κ3) is 7.14. The van der Waals surface area contributed by atoms with Crippen LogP contribution in [0.5, 0.6) is 0 Å². The molecule has 0 spiro atoms. The van der Waals surface area contributed by atoms with E-state index < -0.39 is 11.3 Å². The van der Waals surface area contributed by atoms with E-state index in [1.807, 2.05) is 42.5 Å². The molecule has 1 saturated heterocycles. The molecule has 1 N–H and O–H groups in total. The fraction of sp³-hybridized carbons (Fsp3) is 0.485. The van der Waals surface area contributed by atoms with Crippen LogP contribution in [-0.4, -0.2) is 42.4 Å². The molecule has 0 saturated carbocycles. The van der Waals surface area contributed by atoms with Crippen molar-refractivity contribution in [1.82, 2.24) is 10.2 Å². The van der Waals surface area contributed by atoms with E-state index in [0.717, 1.165) is 56.2 Å². The summed E-state index contributed by atoms with van der Waals surface area (Å²) in [6.45, 7) is 2.99. The van der Waals surface area contributed by atoms with Crippen LogP contribution in [0, 0.1) is 11.3 Å². The largest absolute Gasteiger partial charge is 0.465 e. The van der Waals surface area contributed by atoms with E-state index in [2.05, 4.69) is 23.5 Å². The van der Waals surface area contributed by atoms with Crippen LogP contribution in [0.2, 0.25) is 5.02 Å². The van der Waals surface area contributed by atoms with Crippen LogP contribution in [0.15, 0.2) is 66.4 Å². The van der Waals surface area contributed by atoms with Crippen molar-refractivity contribution in [2.75, 3.05) is 19.7 Å². The van der Waals surface area contributed by atoms with Gasteiger partial charge in [-0.3, -0.25) is 14.4 Å². The third-order valence-corrected chi connectivity index (χ3v) is 8.40. The van der Waals surface area contributed by atoms with Crippen molar-refractivity contribution in [1.29, 1.82) is 0 Å². The highest BCUT2D eigenvalue weighted by Crippen LogP contribution is 2.52. The molecule has 7 heteroatoms. The van der Waals surface area contributed by atoms with E-state index in [9.17, 15) is 14.4 Å². The predicted octanol–water partition coefficient (Wildman–Crippen LogP) is 6.27. The van der Waals surface area contributed by atoms with E-state index in [1.165, 1.54) is 5.56 Å². The normalized spacial score (nSPS) is 22.1. The summed E-state index contributed by atoms with van der Waals surface area (Å²) in [5, 5.41) is 3.68. The Balaban J connectivity index is 1.49. The highest BCUT2D eigenvalue weighted by molar-refractivity contribution is 6.30. The van der Waals surface area contributed by atoms with Crippen molar-refractivity contribution >= 4 is 29.4 Å². The molecule has 2 amide bonds. The van der Waals surface area contributed by atoms with Gasteiger partial charge in [-0.25, -0.2) is 0 Å². The Morgan fingerprint density at radius 3 is 2.50 bits per heavy atom. The minimum atomic E-state index is -1.13. The van der Waals surface area contributed by atoms with Crippen molar-refractivity contribution in [2.45, 2.75) is 71.1 Å². The third-order valence-electron chi connectivity index (χ3n) is 8.14. The summed E-state index contributed by atoms with van der Waals surface area (Å²) in [6, 6.07) is 17.9. The lowest BCUT2D eigenvalue weighted by molar-refractivity contribution is -0.158. The Labute approximate surface area is 243 Å². The Morgan fingerprint density at radius 2 is 1.75 bits per heavy atom. The molecular weight excluding hydrogens is 524 g/mol. The Bertz CT molecular complexity index is 1180. The molecule has 214 valence electrons. The van der Waals surface area contributed by atoms with Crippen molar-refractivity contribution in [3.05, 3.63) is 82.5 Å². The van der Waals surface area contributed by atoms with Gasteiger partial charge in [0.15, 0.2) is 0 Å². The molecule has 1 aliphatic heterocycles. The number of likely N-dealkylation sites (tertiary alicyclic amines) is 1. The Kier molecular flexibility index (Phi) is 10.8. The van der Waals surface area contributed by atoms with Gasteiger partial charge in [-0.15, -0.1) is 0 Å². The van der Waals surface area contributed by atoms with Gasteiger partial charge in [-0.2, -0.15) is 0 Å². The second-order valence-corrected chi connectivity index (χ2v) is 11.2. The molecule has 1 fully saturated rings. The number of unbranched alkanes of at least 4 members (excludes halogenated alkanes) is 1. The summed E-state index contributed by atoms with van der Waals surface area (Å²) in [5.41, 5.74) is 1.94. The number of amides is 2. The van der Waals surface area contributed by atoms with Gasteiger partial charge < -0.3 is 15.0 Å². The number of nitrogens with zero attached hydrogens (tertiary/aromatic N) is 1. The summed E-state index contributed by atoms with van der Waals surface area (Å²) in [7, 11) is 0. The maximum Gasteiger partial charge on any atom is 0.318 e. The second-order valence-electron chi connectivity index (χ2n) is 10.8. The van der Waals surface area contributed by atoms with Crippen LogP contribution in [0.25, 0.3) is 0 Å². The van der Waals surface area contributed by atoms with Gasteiger partial charge >= 0.3 is 5.97 Å². The molecule has 2 aliphatic rings. The van der Waals surface area contributed by atoms with Crippen LogP contribution in [0.3, 0.4) is 0 Å². The minimum Gasteiger partial charge on any atom is -0.465 e. The SMILES string of the molecule is CCOC(=O)[C@]12CCCCC/C=C\1N(CCc1ccc(Cl)cc1)C(=O)[C@H]2CC(=O)NCCCCc1ccccc1. The predicted molar refractivity (Wildman–Crippen MR) is 158 cm³/mol. The van der Waals surface area contributed by atoms with E-state index in [0.29, 0.717) is 31.0 Å². The smallest absolute Gasteiger partial charge is 0.318 e. The zero-order valence-electron chi connectivity index (χ0n) is 23.5. The average Bonchev–Trinajstić information content (AvgIpc) is 3.15. The molecule has 6 nitrogen and oxygen atoms in total. The van der Waals surface area contributed by atoms with Crippen LogP contribution in [0.4, 0.5) is 0 Å². The van der Waals surface area contributed by atoms with Crippen molar-refractivity contribution < 1.29 is 19.1 Å². The molecule has 0 radical (unpaired) electrons. The number of aryl methyl sites for hydroxylation is 1. The minimum absolute atomic E-state index is 0.0227. The highest BCUT2D eigenvalue weighted by Gasteiger charge is 2.61. The first-order chi connectivity index (χ1) is 19.5. The quantitative estimate of drug-likeness (QED) is 0.243. The van der Waals surface area contributed by atoms with Gasteiger partial charge in [-0.1, -0.05) is 73.0 Å². The summed E-state index contributed by atoms with van der Waals surface area (Å²) in [4.78, 5) is 42.7. The number of hydrogen-bond donors (Lipinski definition) is 1. The number of ether oxygens (including phenoxy) is 1. The zero-order chi connectivity index (χ0) is 28.4. The molecule has 2 aromatic rings. The summed E-state index contributed by atoms with van der Waals surface area (Å²) >= 11 is 6.06. The van der Waals surface area contributed by atoms with E-state index in [4.69, 9.17) is 16.3 Å². The van der Waals surface area contributed by atoms with Gasteiger partial charge in [0, 0.05) is 30.2 Å². The summed E-state index contributed by atoms with van der Waals surface area (Å²) in [6.07, 6.45) is 9.53. The van der Waals surface area contributed by atoms with Crippen molar-refractivity contribution in [3.8, 4) is 0 Å². The van der Waals surface area contributed by atoms with Gasteiger partial charge in [0.1, 0.15) is 5.41 Å². The molecule has 2 aromatic carbocycles. The van der Waals surface area contributed by atoms with Crippen molar-refractivity contribution in [3.63, 3.8) is 0 Å². The molecule has 40 heavy (non-hydrogen) atoms. The first-order valence-electron chi connectivity index (χ1n) is 14.7. The lowest BCUT2D eigenvalue weighted by Gasteiger charge is -2.34. The lowest BCUT2D eigenvalue weighted by Crippen LogP contribution is -2.42. The van der Waals surface area contributed by atoms with Crippen LogP contribution >= 0.6 is 11.6 Å². The van der Waals surface area contributed by atoms with Crippen LogP contribution in [-0.2, 0) is 32.0 Å². The number of benzene rings is 2. The van der Waals surface area contributed by atoms with Gasteiger partial charge in [-0.05, 0) is 75.1 Å². The van der Waals surface area contributed by atoms with E-state index >= 15 is 0 Å². The zero-order valence-corrected chi connectivity index (χ0v) is 24.3. The monoisotopic (exact) mass is 564 g/mol. The number of carbonyl (C=O) groups is 3. The van der Waals surface area contributed by atoms with Gasteiger partial charge in [0.05, 0.1) is 12.5 Å². The number of esters is 1. The number of hydrogen-bond acceptors (Lipinski definition) is 4. The molecule has 1 aliphatic carbocycles. The lowest BCUT2D eigenvalue weighted by atomic mass is 9.69. The number of nitrogens with one attached hydrogen (secondary N) is 1. The average molecular weight is 565 g/mol. The van der Waals surface area contributed by atoms with Crippen LogP contribution < -0.4 is 5.32 Å². The number of halogens is 1. The Hall–Kier alpha value is -3.12. The first-order valence-corrected chi connectivity index (χ1v) is 15.1. The second kappa shape index (κ2) is 14.5.